The number of carboxylic acids is 1. The number of aryl methyl sites for hydroxylation is 1. The van der Waals surface area contributed by atoms with Gasteiger partial charge in [-0.15, -0.1) is 0 Å². The first kappa shape index (κ1) is 30.7. The Hall–Kier alpha value is -5.27. The molecule has 3 amide bonds. The zero-order chi connectivity index (χ0) is 31.4. The van der Waals surface area contributed by atoms with E-state index in [0.717, 1.165) is 15.1 Å². The van der Waals surface area contributed by atoms with Crippen LogP contribution in [0.3, 0.4) is 0 Å². The number of aromatic amines is 1. The van der Waals surface area contributed by atoms with Gasteiger partial charge in [0.2, 0.25) is 0 Å². The Bertz CT molecular complexity index is 1630. The number of para-hydroxylation sites is 1. The van der Waals surface area contributed by atoms with Crippen LogP contribution >= 0.6 is 0 Å². The third-order valence-corrected chi connectivity index (χ3v) is 7.30. The van der Waals surface area contributed by atoms with Crippen molar-refractivity contribution < 1.29 is 24.6 Å². The number of carbonyl (C=O) groups is 3. The van der Waals surface area contributed by atoms with Crippen LogP contribution in [0.15, 0.2) is 58.1 Å². The van der Waals surface area contributed by atoms with Crippen molar-refractivity contribution in [2.75, 3.05) is 44.4 Å². The van der Waals surface area contributed by atoms with E-state index in [4.69, 9.17) is 0 Å². The zero-order valence-corrected chi connectivity index (χ0v) is 24.3. The number of carbonyl (C=O) groups excluding carboxylic acids is 2. The summed E-state index contributed by atoms with van der Waals surface area (Å²) in [5.41, 5.74) is -0.753. The summed E-state index contributed by atoms with van der Waals surface area (Å²) in [6.07, 6.45) is 0.589. The van der Waals surface area contributed by atoms with E-state index in [1.54, 1.807) is 14.1 Å². The minimum Gasteiger partial charge on any atom is -0.505 e. The van der Waals surface area contributed by atoms with Gasteiger partial charge in [-0.25, -0.2) is 9.59 Å². The van der Waals surface area contributed by atoms with Gasteiger partial charge < -0.3 is 35.5 Å². The summed E-state index contributed by atoms with van der Waals surface area (Å²) >= 11 is 0. The highest BCUT2D eigenvalue weighted by Crippen LogP contribution is 2.33. The lowest BCUT2D eigenvalue weighted by Crippen LogP contribution is -2.60. The third kappa shape index (κ3) is 6.32. The molecule has 2 aromatic carbocycles. The average molecular weight is 594 g/mol. The molecule has 1 aliphatic rings. The van der Waals surface area contributed by atoms with Gasteiger partial charge in [0.1, 0.15) is 17.4 Å². The maximum atomic E-state index is 13.6. The number of H-pyrrole nitrogens is 1. The minimum atomic E-state index is -1.35. The van der Waals surface area contributed by atoms with Crippen molar-refractivity contribution in [1.29, 1.82) is 0 Å². The number of hydrogen-bond donors (Lipinski definition) is 5. The molecule has 5 N–H and O–H groups in total. The van der Waals surface area contributed by atoms with E-state index in [1.165, 1.54) is 35.0 Å². The van der Waals surface area contributed by atoms with Crippen molar-refractivity contribution in [1.82, 2.24) is 24.5 Å². The lowest BCUT2D eigenvalue weighted by molar-refractivity contribution is -0.144. The predicted molar refractivity (Wildman–Crippen MR) is 160 cm³/mol. The molecule has 2 heterocycles. The molecule has 1 saturated heterocycles. The number of anilines is 3. The number of rotatable bonds is 8. The van der Waals surface area contributed by atoms with Crippen LogP contribution in [0.25, 0.3) is 0 Å². The van der Waals surface area contributed by atoms with Gasteiger partial charge in [0.25, 0.3) is 17.0 Å². The van der Waals surface area contributed by atoms with E-state index < -0.39 is 34.8 Å². The van der Waals surface area contributed by atoms with Crippen LogP contribution in [0.1, 0.15) is 35.3 Å². The van der Waals surface area contributed by atoms with Crippen LogP contribution in [0, 0.1) is 0 Å². The number of phenols is 1. The quantitative estimate of drug-likeness (QED) is 0.244. The Morgan fingerprint density at radius 3 is 2.37 bits per heavy atom. The van der Waals surface area contributed by atoms with Gasteiger partial charge in [0.15, 0.2) is 5.75 Å². The fraction of sp³-hybridized carbons (Fsp3) is 0.345. The van der Waals surface area contributed by atoms with E-state index >= 15 is 0 Å². The molecule has 3 aromatic rings. The number of amides is 3. The van der Waals surface area contributed by atoms with Crippen molar-refractivity contribution in [3.63, 3.8) is 0 Å². The van der Waals surface area contributed by atoms with Gasteiger partial charge in [-0.1, -0.05) is 43.3 Å². The molecule has 1 aromatic heterocycles. The van der Waals surface area contributed by atoms with E-state index in [1.807, 2.05) is 37.3 Å². The van der Waals surface area contributed by atoms with E-state index in [-0.39, 0.29) is 54.3 Å². The van der Waals surface area contributed by atoms with Gasteiger partial charge in [0, 0.05) is 34.2 Å². The zero-order valence-electron chi connectivity index (χ0n) is 24.3. The summed E-state index contributed by atoms with van der Waals surface area (Å²) in [6, 6.07) is 11.6. The molecule has 14 nitrogen and oxygen atoms in total. The van der Waals surface area contributed by atoms with Crippen molar-refractivity contribution in [2.45, 2.75) is 25.4 Å². The highest BCUT2D eigenvalue weighted by molar-refractivity contribution is 6.01. The van der Waals surface area contributed by atoms with Crippen LogP contribution < -0.4 is 21.8 Å². The van der Waals surface area contributed by atoms with Crippen molar-refractivity contribution in [3.8, 4) is 5.75 Å². The number of urea groups is 1. The SMILES string of the molecule is CC[C@@H](Nc1c(Nc2cccc(C(=O)N3CCN(C(=O)N(C)C)CC3C(=O)O)c2O)c(=O)n(C)[nH]c1=O)c1ccccc1. The molecule has 0 aliphatic carbocycles. The Balaban J connectivity index is 1.67. The number of piperazine rings is 1. The Kier molecular flexibility index (Phi) is 9.07. The maximum Gasteiger partial charge on any atom is 0.328 e. The molecular weight excluding hydrogens is 558 g/mol. The molecule has 43 heavy (non-hydrogen) atoms. The van der Waals surface area contributed by atoms with Gasteiger partial charge >= 0.3 is 12.0 Å². The largest absolute Gasteiger partial charge is 0.505 e. The highest BCUT2D eigenvalue weighted by Gasteiger charge is 2.38. The smallest absolute Gasteiger partial charge is 0.328 e. The van der Waals surface area contributed by atoms with Crippen LogP contribution in [-0.2, 0) is 11.8 Å². The van der Waals surface area contributed by atoms with Gasteiger partial charge in [-0.05, 0) is 24.1 Å². The molecular formula is C29H35N7O7. The lowest BCUT2D eigenvalue weighted by atomic mass is 10.0. The van der Waals surface area contributed by atoms with Crippen molar-refractivity contribution in [3.05, 3.63) is 80.4 Å². The molecule has 228 valence electrons. The predicted octanol–water partition coefficient (Wildman–Crippen LogP) is 1.98. The van der Waals surface area contributed by atoms with Gasteiger partial charge in [0.05, 0.1) is 23.8 Å². The molecule has 1 aliphatic heterocycles. The Morgan fingerprint density at radius 2 is 1.74 bits per heavy atom. The number of benzene rings is 2. The summed E-state index contributed by atoms with van der Waals surface area (Å²) in [4.78, 5) is 68.1. The van der Waals surface area contributed by atoms with Crippen molar-refractivity contribution in [2.24, 2.45) is 7.05 Å². The minimum absolute atomic E-state index is 0.0438. The molecule has 14 heteroatoms. The molecule has 4 rings (SSSR count). The molecule has 1 unspecified atom stereocenters. The molecule has 0 saturated carbocycles. The maximum absolute atomic E-state index is 13.6. The van der Waals surface area contributed by atoms with Crippen LogP contribution in [0.5, 0.6) is 5.75 Å². The first-order chi connectivity index (χ1) is 20.4. The normalized spacial score (nSPS) is 15.5. The number of carboxylic acid groups (broad SMARTS) is 1. The second kappa shape index (κ2) is 12.7. The number of aromatic nitrogens is 2. The number of hydrogen-bond acceptors (Lipinski definition) is 8. The second-order valence-corrected chi connectivity index (χ2v) is 10.4. The van der Waals surface area contributed by atoms with E-state index in [0.29, 0.717) is 6.42 Å². The topological polar surface area (TPSA) is 180 Å². The lowest BCUT2D eigenvalue weighted by Gasteiger charge is -2.40. The van der Waals surface area contributed by atoms with Crippen LogP contribution in [-0.4, -0.2) is 92.4 Å². The van der Waals surface area contributed by atoms with Crippen molar-refractivity contribution >= 4 is 35.0 Å². The number of aromatic hydroxyl groups is 1. The first-order valence-corrected chi connectivity index (χ1v) is 13.7. The van der Waals surface area contributed by atoms with E-state index in [9.17, 15) is 34.2 Å². The summed E-state index contributed by atoms with van der Waals surface area (Å²) in [6.45, 7) is 1.72. The average Bonchev–Trinajstić information content (AvgIpc) is 2.99. The molecule has 2 atom stereocenters. The van der Waals surface area contributed by atoms with Gasteiger partial charge in [-0.3, -0.25) is 24.2 Å². The third-order valence-electron chi connectivity index (χ3n) is 7.30. The standard InChI is InChI=1S/C29H35N7O7/c1-5-19(17-10-7-6-8-11-17)30-22-23(27(40)34(4)32-25(22)38)31-20-13-9-12-18(24(20)37)26(39)36-15-14-35(29(43)33(2)3)16-21(36)28(41)42/h6-13,19,21,30-31,37H,5,14-16H2,1-4H3,(H,32,38)(H,41,42)/t19-,21?/m1/s1. The first-order valence-electron chi connectivity index (χ1n) is 13.7. The molecule has 0 radical (unpaired) electrons. The fourth-order valence-corrected chi connectivity index (χ4v) is 4.98. The number of aliphatic carboxylic acids is 1. The fourth-order valence-electron chi connectivity index (χ4n) is 4.98. The van der Waals surface area contributed by atoms with E-state index in [2.05, 4.69) is 15.7 Å². The second-order valence-electron chi connectivity index (χ2n) is 10.4. The summed E-state index contributed by atoms with van der Waals surface area (Å²) in [7, 11) is 4.47. The van der Waals surface area contributed by atoms with Crippen LogP contribution in [0.4, 0.5) is 21.9 Å². The Labute approximate surface area is 247 Å². The Morgan fingerprint density at radius 1 is 1.05 bits per heavy atom. The molecule has 0 spiro atoms. The molecule has 1 fully saturated rings. The van der Waals surface area contributed by atoms with Gasteiger partial charge in [-0.2, -0.15) is 0 Å². The summed E-state index contributed by atoms with van der Waals surface area (Å²) in [5.74, 6) is -2.60. The number of nitrogens with one attached hydrogen (secondary N) is 3. The molecule has 0 bridgehead atoms. The highest BCUT2D eigenvalue weighted by atomic mass is 16.4. The van der Waals surface area contributed by atoms with Crippen LogP contribution in [0.2, 0.25) is 0 Å². The monoisotopic (exact) mass is 593 g/mol. The number of phenolic OH excluding ortho intramolecular Hbond substituents is 1. The number of nitrogens with zero attached hydrogens (tertiary/aromatic N) is 4. The summed E-state index contributed by atoms with van der Waals surface area (Å²) < 4.78 is 0.997. The summed E-state index contributed by atoms with van der Waals surface area (Å²) in [5, 5.41) is 29.5.